The first-order valence-corrected chi connectivity index (χ1v) is 6.45. The zero-order chi connectivity index (χ0) is 12.8. The molecule has 0 spiro atoms. The third-order valence-corrected chi connectivity index (χ3v) is 2.94. The van der Waals surface area contributed by atoms with Gasteiger partial charge in [-0.3, -0.25) is 4.98 Å². The number of rotatable bonds is 5. The SMILES string of the molecule is CC(C)NCc1ccccc1Cc1cccnc1. The van der Waals surface area contributed by atoms with Crippen LogP contribution in [0.15, 0.2) is 48.8 Å². The van der Waals surface area contributed by atoms with Crippen LogP contribution in [0.4, 0.5) is 0 Å². The quantitative estimate of drug-likeness (QED) is 0.868. The van der Waals surface area contributed by atoms with E-state index in [1.165, 1.54) is 16.7 Å². The summed E-state index contributed by atoms with van der Waals surface area (Å²) in [7, 11) is 0. The van der Waals surface area contributed by atoms with Gasteiger partial charge in [0.2, 0.25) is 0 Å². The summed E-state index contributed by atoms with van der Waals surface area (Å²) in [5.41, 5.74) is 4.00. The third-order valence-electron chi connectivity index (χ3n) is 2.94. The normalized spacial score (nSPS) is 10.8. The van der Waals surface area contributed by atoms with Crippen molar-refractivity contribution in [3.63, 3.8) is 0 Å². The van der Waals surface area contributed by atoms with E-state index < -0.39 is 0 Å². The number of nitrogens with one attached hydrogen (secondary N) is 1. The third kappa shape index (κ3) is 3.67. The first-order chi connectivity index (χ1) is 8.75. The fourth-order valence-electron chi connectivity index (χ4n) is 1.94. The lowest BCUT2D eigenvalue weighted by Gasteiger charge is -2.12. The summed E-state index contributed by atoms with van der Waals surface area (Å²) in [6.07, 6.45) is 4.70. The molecule has 18 heavy (non-hydrogen) atoms. The maximum atomic E-state index is 4.17. The molecule has 1 aromatic heterocycles. The van der Waals surface area contributed by atoms with Gasteiger partial charge in [-0.25, -0.2) is 0 Å². The topological polar surface area (TPSA) is 24.9 Å². The Balaban J connectivity index is 2.12. The zero-order valence-electron chi connectivity index (χ0n) is 11.1. The summed E-state index contributed by atoms with van der Waals surface area (Å²) < 4.78 is 0. The van der Waals surface area contributed by atoms with Crippen molar-refractivity contribution >= 4 is 0 Å². The molecule has 1 aromatic carbocycles. The number of aromatic nitrogens is 1. The lowest BCUT2D eigenvalue weighted by atomic mass is 10.0. The van der Waals surface area contributed by atoms with E-state index in [4.69, 9.17) is 0 Å². The Morgan fingerprint density at radius 2 is 1.83 bits per heavy atom. The van der Waals surface area contributed by atoms with E-state index in [1.54, 1.807) is 0 Å². The van der Waals surface area contributed by atoms with Crippen molar-refractivity contribution in [1.82, 2.24) is 10.3 Å². The Kier molecular flexibility index (Phi) is 4.48. The summed E-state index contributed by atoms with van der Waals surface area (Å²) >= 11 is 0. The molecular formula is C16H20N2. The van der Waals surface area contributed by atoms with Crippen molar-refractivity contribution < 1.29 is 0 Å². The fraction of sp³-hybridized carbons (Fsp3) is 0.312. The minimum Gasteiger partial charge on any atom is -0.310 e. The van der Waals surface area contributed by atoms with Crippen LogP contribution in [0.3, 0.4) is 0 Å². The van der Waals surface area contributed by atoms with E-state index in [2.05, 4.69) is 54.5 Å². The smallest absolute Gasteiger partial charge is 0.0303 e. The second-order valence-corrected chi connectivity index (χ2v) is 4.84. The minimum absolute atomic E-state index is 0.511. The molecule has 0 saturated heterocycles. The maximum Gasteiger partial charge on any atom is 0.0303 e. The highest BCUT2D eigenvalue weighted by atomic mass is 14.9. The van der Waals surface area contributed by atoms with Gasteiger partial charge in [0.05, 0.1) is 0 Å². The Hall–Kier alpha value is -1.67. The van der Waals surface area contributed by atoms with Crippen molar-refractivity contribution in [2.24, 2.45) is 0 Å². The summed E-state index contributed by atoms with van der Waals surface area (Å²) in [6.45, 7) is 5.27. The van der Waals surface area contributed by atoms with Crippen LogP contribution in [0, 0.1) is 0 Å². The van der Waals surface area contributed by atoms with Gasteiger partial charge in [0, 0.05) is 25.0 Å². The molecule has 2 nitrogen and oxygen atoms in total. The average molecular weight is 240 g/mol. The molecule has 0 unspecified atom stereocenters. The molecule has 94 valence electrons. The molecule has 0 bridgehead atoms. The predicted molar refractivity (Wildman–Crippen MR) is 75.5 cm³/mol. The average Bonchev–Trinajstić information content (AvgIpc) is 2.39. The molecule has 2 heteroatoms. The first kappa shape index (κ1) is 12.8. The molecule has 0 saturated carbocycles. The Morgan fingerprint density at radius 3 is 2.50 bits per heavy atom. The van der Waals surface area contributed by atoms with Crippen LogP contribution in [0.1, 0.15) is 30.5 Å². The highest BCUT2D eigenvalue weighted by Crippen LogP contribution is 2.13. The van der Waals surface area contributed by atoms with E-state index >= 15 is 0 Å². The van der Waals surface area contributed by atoms with E-state index in [0.717, 1.165) is 13.0 Å². The number of pyridine rings is 1. The van der Waals surface area contributed by atoms with Crippen molar-refractivity contribution in [2.45, 2.75) is 32.9 Å². The highest BCUT2D eigenvalue weighted by Gasteiger charge is 2.03. The largest absolute Gasteiger partial charge is 0.310 e. The van der Waals surface area contributed by atoms with E-state index in [-0.39, 0.29) is 0 Å². The van der Waals surface area contributed by atoms with Crippen molar-refractivity contribution in [2.75, 3.05) is 0 Å². The molecule has 0 aliphatic rings. The second kappa shape index (κ2) is 6.31. The van der Waals surface area contributed by atoms with E-state index in [1.807, 2.05) is 18.5 Å². The van der Waals surface area contributed by atoms with Gasteiger partial charge < -0.3 is 5.32 Å². The van der Waals surface area contributed by atoms with Gasteiger partial charge in [0.1, 0.15) is 0 Å². The first-order valence-electron chi connectivity index (χ1n) is 6.45. The van der Waals surface area contributed by atoms with Crippen LogP contribution >= 0.6 is 0 Å². The van der Waals surface area contributed by atoms with Crippen LogP contribution in [0.25, 0.3) is 0 Å². The fourth-order valence-corrected chi connectivity index (χ4v) is 1.94. The summed E-state index contributed by atoms with van der Waals surface area (Å²) in [5, 5.41) is 3.47. The number of hydrogen-bond acceptors (Lipinski definition) is 2. The van der Waals surface area contributed by atoms with Gasteiger partial charge >= 0.3 is 0 Å². The minimum atomic E-state index is 0.511. The summed E-state index contributed by atoms with van der Waals surface area (Å²) in [4.78, 5) is 4.17. The van der Waals surface area contributed by atoms with Gasteiger partial charge in [-0.15, -0.1) is 0 Å². The summed E-state index contributed by atoms with van der Waals surface area (Å²) in [6, 6.07) is 13.2. The van der Waals surface area contributed by atoms with Crippen LogP contribution in [0.5, 0.6) is 0 Å². The van der Waals surface area contributed by atoms with Crippen molar-refractivity contribution in [3.8, 4) is 0 Å². The van der Waals surface area contributed by atoms with Crippen LogP contribution in [0.2, 0.25) is 0 Å². The zero-order valence-corrected chi connectivity index (χ0v) is 11.1. The van der Waals surface area contributed by atoms with Crippen molar-refractivity contribution in [1.29, 1.82) is 0 Å². The van der Waals surface area contributed by atoms with Crippen LogP contribution < -0.4 is 5.32 Å². The Bertz CT molecular complexity index is 477. The number of nitrogens with zero attached hydrogens (tertiary/aromatic N) is 1. The van der Waals surface area contributed by atoms with Crippen LogP contribution in [-0.4, -0.2) is 11.0 Å². The molecule has 1 N–H and O–H groups in total. The van der Waals surface area contributed by atoms with Gasteiger partial charge in [-0.2, -0.15) is 0 Å². The van der Waals surface area contributed by atoms with Gasteiger partial charge in [-0.05, 0) is 29.2 Å². The molecule has 1 heterocycles. The molecule has 0 aliphatic heterocycles. The van der Waals surface area contributed by atoms with E-state index in [9.17, 15) is 0 Å². The standard InChI is InChI=1S/C16H20N2/c1-13(2)18-12-16-8-4-3-7-15(16)10-14-6-5-9-17-11-14/h3-9,11,13,18H,10,12H2,1-2H3. The van der Waals surface area contributed by atoms with Crippen LogP contribution in [-0.2, 0) is 13.0 Å². The Morgan fingerprint density at radius 1 is 1.06 bits per heavy atom. The molecule has 0 fully saturated rings. The molecule has 0 aliphatic carbocycles. The Labute approximate surface area is 109 Å². The molecule has 0 amide bonds. The lowest BCUT2D eigenvalue weighted by molar-refractivity contribution is 0.587. The van der Waals surface area contributed by atoms with Gasteiger partial charge in [-0.1, -0.05) is 44.2 Å². The molecule has 0 atom stereocenters. The molecule has 0 radical (unpaired) electrons. The van der Waals surface area contributed by atoms with Crippen molar-refractivity contribution in [3.05, 3.63) is 65.5 Å². The number of hydrogen-bond donors (Lipinski definition) is 1. The van der Waals surface area contributed by atoms with Gasteiger partial charge in [0.15, 0.2) is 0 Å². The second-order valence-electron chi connectivity index (χ2n) is 4.84. The van der Waals surface area contributed by atoms with Gasteiger partial charge in [0.25, 0.3) is 0 Å². The maximum absolute atomic E-state index is 4.17. The predicted octanol–water partition coefficient (Wildman–Crippen LogP) is 3.17. The molecule has 2 rings (SSSR count). The summed E-state index contributed by atoms with van der Waals surface area (Å²) in [5.74, 6) is 0. The highest BCUT2D eigenvalue weighted by molar-refractivity contribution is 5.31. The van der Waals surface area contributed by atoms with E-state index in [0.29, 0.717) is 6.04 Å². The monoisotopic (exact) mass is 240 g/mol. The lowest BCUT2D eigenvalue weighted by Crippen LogP contribution is -2.22. The number of benzene rings is 1. The molecule has 2 aromatic rings. The molecular weight excluding hydrogens is 220 g/mol.